The molecule has 0 aliphatic rings. The summed E-state index contributed by atoms with van der Waals surface area (Å²) < 4.78 is 25.9. The van der Waals surface area contributed by atoms with Gasteiger partial charge in [0.1, 0.15) is 10.0 Å². The third-order valence-electron chi connectivity index (χ3n) is 1.35. The summed E-state index contributed by atoms with van der Waals surface area (Å²) in [5, 5.41) is -1.02. The van der Waals surface area contributed by atoms with E-state index in [0.29, 0.717) is 0 Å². The molecule has 0 aromatic heterocycles. The van der Waals surface area contributed by atoms with Gasteiger partial charge in [0.15, 0.2) is 14.9 Å². The largest absolute Gasteiger partial charge is 1.00 e. The second kappa shape index (κ2) is 8.24. The van der Waals surface area contributed by atoms with E-state index < -0.39 is 14.9 Å². The van der Waals surface area contributed by atoms with Crippen LogP contribution in [0.15, 0.2) is 0 Å². The Kier molecular flexibility index (Phi) is 10.1. The number of rotatable bonds is 2. The predicted molar refractivity (Wildman–Crippen MR) is 72.0 cm³/mol. The molecule has 0 fully saturated rings. The van der Waals surface area contributed by atoms with Gasteiger partial charge in [0.05, 0.1) is 15.1 Å². The molecule has 1 aromatic rings. The van der Waals surface area contributed by atoms with Crippen molar-refractivity contribution in [1.29, 1.82) is 0 Å². The molecule has 1 aromatic carbocycles. The number of hydrogen-bond donors (Lipinski definition) is 0. The van der Waals surface area contributed by atoms with Gasteiger partial charge in [0, 0.05) is 0 Å². The van der Waals surface area contributed by atoms with Crippen LogP contribution in [0.5, 0.6) is 5.75 Å². The molecule has 0 aliphatic carbocycles. The summed E-state index contributed by atoms with van der Waals surface area (Å²) in [5.41, 5.74) is 0. The van der Waals surface area contributed by atoms with Crippen LogP contribution in [0.3, 0.4) is 0 Å². The van der Waals surface area contributed by atoms with Gasteiger partial charge in [0.2, 0.25) is 0 Å². The minimum atomic E-state index is -4.21. The average molecular weight is 402 g/mol. The van der Waals surface area contributed by atoms with Crippen molar-refractivity contribution in [1.82, 2.24) is 0 Å². The van der Waals surface area contributed by atoms with Crippen LogP contribution in [0.2, 0.25) is 25.1 Å². The number of halogens is 5. The van der Waals surface area contributed by atoms with Crippen LogP contribution < -0.4 is 33.7 Å². The zero-order valence-electron chi connectivity index (χ0n) is 8.43. The van der Waals surface area contributed by atoms with E-state index in [-0.39, 0.29) is 60.1 Å². The minimum absolute atomic E-state index is 0. The first kappa shape index (κ1) is 22.0. The third kappa shape index (κ3) is 5.26. The van der Waals surface area contributed by atoms with E-state index in [0.717, 1.165) is 0 Å². The molecular formula is C6H2Cl5NaO4S2. The fourth-order valence-electron chi connectivity index (χ4n) is 0.760. The summed E-state index contributed by atoms with van der Waals surface area (Å²) in [4.78, 5) is 0. The number of benzene rings is 1. The molecule has 0 amide bonds. The van der Waals surface area contributed by atoms with Crippen molar-refractivity contribution >= 4 is 78.8 Å². The van der Waals surface area contributed by atoms with Crippen LogP contribution in [0, 0.1) is 0 Å². The van der Waals surface area contributed by atoms with Gasteiger partial charge in [-0.15, -0.1) is 0 Å². The quantitative estimate of drug-likeness (QED) is 0.235. The molecule has 12 heteroatoms. The van der Waals surface area contributed by atoms with Gasteiger partial charge in [-0.05, 0) is 0 Å². The standard InChI is InChI=1S/C6HCl5O3S2.Na.H2O/c7-1-2(8)4(10)6(5(11)3(1)9)14-16(12,13)15;;/h(H,12,13,15);;1H2/q;+1;/p-1. The van der Waals surface area contributed by atoms with E-state index >= 15 is 0 Å². The van der Waals surface area contributed by atoms with Gasteiger partial charge in [0.25, 0.3) is 0 Å². The Labute approximate surface area is 155 Å². The molecule has 0 radical (unpaired) electrons. The Morgan fingerprint density at radius 3 is 1.39 bits per heavy atom. The Hall–Kier alpha value is 1.73. The molecule has 18 heavy (non-hydrogen) atoms. The van der Waals surface area contributed by atoms with Crippen molar-refractivity contribution < 1.29 is 47.6 Å². The van der Waals surface area contributed by atoms with Crippen molar-refractivity contribution in [3.8, 4) is 5.75 Å². The third-order valence-corrected chi connectivity index (χ3v) is 4.17. The maximum Gasteiger partial charge on any atom is 1.00 e. The summed E-state index contributed by atoms with van der Waals surface area (Å²) in [5.74, 6) is -0.447. The molecule has 0 unspecified atom stereocenters. The molecule has 0 atom stereocenters. The second-order valence-electron chi connectivity index (χ2n) is 2.39. The minimum Gasteiger partial charge on any atom is -0.606 e. The Morgan fingerprint density at radius 1 is 0.833 bits per heavy atom. The molecule has 2 N–H and O–H groups in total. The summed E-state index contributed by atoms with van der Waals surface area (Å²) >= 11 is 32.4. The van der Waals surface area contributed by atoms with Crippen LogP contribution in [0.25, 0.3) is 0 Å². The second-order valence-corrected chi connectivity index (χ2v) is 6.49. The smallest absolute Gasteiger partial charge is 0.606 e. The van der Waals surface area contributed by atoms with E-state index in [1.807, 2.05) is 0 Å². The van der Waals surface area contributed by atoms with Crippen molar-refractivity contribution in [2.24, 2.45) is 0 Å². The van der Waals surface area contributed by atoms with Crippen molar-refractivity contribution in [2.45, 2.75) is 0 Å². The maximum absolute atomic E-state index is 10.8. The van der Waals surface area contributed by atoms with E-state index in [1.165, 1.54) is 0 Å². The summed E-state index contributed by atoms with van der Waals surface area (Å²) in [7, 11) is -4.21. The molecule has 0 saturated heterocycles. The summed E-state index contributed by atoms with van der Waals surface area (Å²) in [6.07, 6.45) is 0. The van der Waals surface area contributed by atoms with Crippen LogP contribution >= 0.6 is 58.0 Å². The zero-order valence-corrected chi connectivity index (χ0v) is 15.8. The van der Waals surface area contributed by atoms with Gasteiger partial charge in [-0.1, -0.05) is 58.0 Å². The van der Waals surface area contributed by atoms with E-state index in [1.54, 1.807) is 0 Å². The molecule has 0 spiro atoms. The van der Waals surface area contributed by atoms with Gasteiger partial charge < -0.3 is 21.3 Å². The Morgan fingerprint density at radius 2 is 1.11 bits per heavy atom. The molecule has 1 rings (SSSR count). The first-order valence-electron chi connectivity index (χ1n) is 3.32. The van der Waals surface area contributed by atoms with Gasteiger partial charge in [-0.25, -0.2) is 8.42 Å². The molecule has 0 saturated carbocycles. The molecule has 4 nitrogen and oxygen atoms in total. The molecular weight excluding hydrogens is 400 g/mol. The van der Waals surface area contributed by atoms with Gasteiger partial charge >= 0.3 is 29.6 Å². The SMILES string of the molecule is O.O=S(=O)([S-])Oc1c(Cl)c(Cl)c(Cl)c(Cl)c1Cl.[Na+]. The maximum atomic E-state index is 10.8. The number of hydrogen-bond acceptors (Lipinski definition) is 4. The predicted octanol–water partition coefficient (Wildman–Crippen LogP) is 0.303. The fourth-order valence-corrected chi connectivity index (χ4v) is 2.62. The van der Waals surface area contributed by atoms with E-state index in [9.17, 15) is 8.42 Å². The molecule has 0 aliphatic heterocycles. The van der Waals surface area contributed by atoms with Gasteiger partial charge in [-0.3, -0.25) is 0 Å². The molecule has 98 valence electrons. The Bertz CT molecular complexity index is 520. The van der Waals surface area contributed by atoms with Crippen LogP contribution in [0.1, 0.15) is 0 Å². The fraction of sp³-hybridized carbons (Fsp3) is 0. The normalized spacial score (nSPS) is 10.3. The van der Waals surface area contributed by atoms with Crippen molar-refractivity contribution in [3.63, 3.8) is 0 Å². The van der Waals surface area contributed by atoms with Crippen LogP contribution in [-0.4, -0.2) is 13.9 Å². The van der Waals surface area contributed by atoms with E-state index in [4.69, 9.17) is 58.0 Å². The monoisotopic (exact) mass is 400 g/mol. The van der Waals surface area contributed by atoms with Crippen molar-refractivity contribution in [3.05, 3.63) is 25.1 Å². The topological polar surface area (TPSA) is 74.9 Å². The average Bonchev–Trinajstić information content (AvgIpc) is 2.17. The Balaban J connectivity index is 0. The first-order valence-corrected chi connectivity index (χ1v) is 7.54. The van der Waals surface area contributed by atoms with E-state index in [2.05, 4.69) is 15.8 Å². The van der Waals surface area contributed by atoms with Crippen molar-refractivity contribution in [2.75, 3.05) is 0 Å². The van der Waals surface area contributed by atoms with Crippen LogP contribution in [0.4, 0.5) is 0 Å². The van der Waals surface area contributed by atoms with Gasteiger partial charge in [-0.2, -0.15) is 0 Å². The zero-order chi connectivity index (χ0) is 12.7. The summed E-state index contributed by atoms with van der Waals surface area (Å²) in [6.45, 7) is 0. The summed E-state index contributed by atoms with van der Waals surface area (Å²) in [6, 6.07) is 0. The molecule has 0 bridgehead atoms. The molecule has 0 heterocycles. The van der Waals surface area contributed by atoms with Crippen LogP contribution in [-0.2, 0) is 20.8 Å². The first-order chi connectivity index (χ1) is 7.15.